The van der Waals surface area contributed by atoms with Gasteiger partial charge in [0.15, 0.2) is 0 Å². The van der Waals surface area contributed by atoms with E-state index in [9.17, 15) is 4.79 Å². The monoisotopic (exact) mass is 244 g/mol. The van der Waals surface area contributed by atoms with Crippen LogP contribution in [-0.2, 0) is 4.79 Å². The molecule has 0 aromatic heterocycles. The van der Waals surface area contributed by atoms with Gasteiger partial charge in [0.05, 0.1) is 0 Å². The molecule has 0 aliphatic heterocycles. The van der Waals surface area contributed by atoms with Crippen molar-refractivity contribution in [2.75, 3.05) is 46.8 Å². The smallest absolute Gasteiger partial charge is 0.265 e. The van der Waals surface area contributed by atoms with E-state index in [4.69, 9.17) is 5.21 Å². The number of nitrogens with one attached hydrogen (secondary N) is 1. The highest BCUT2D eigenvalue weighted by atomic mass is 16.4. The van der Waals surface area contributed by atoms with Crippen LogP contribution in [0.3, 0.4) is 0 Å². The van der Waals surface area contributed by atoms with Gasteiger partial charge in [-0.15, -0.1) is 0 Å². The molecule has 0 atom stereocenters. The van der Waals surface area contributed by atoms with Crippen molar-refractivity contribution in [2.45, 2.75) is 13.3 Å². The molecule has 6 nitrogen and oxygen atoms in total. The molecule has 2 N–H and O–H groups in total. The summed E-state index contributed by atoms with van der Waals surface area (Å²) in [5.74, 6) is -0.364. The number of amides is 1. The summed E-state index contributed by atoms with van der Waals surface area (Å²) in [5, 5.41) is 13.5. The van der Waals surface area contributed by atoms with Crippen molar-refractivity contribution >= 4 is 12.1 Å². The van der Waals surface area contributed by atoms with Gasteiger partial charge in [0.1, 0.15) is 6.21 Å². The number of hydrogen-bond donors (Lipinski definition) is 2. The number of likely N-dealkylation sites (N-methyl/N-ethyl adjacent to an activating group) is 1. The van der Waals surface area contributed by atoms with Crippen molar-refractivity contribution in [3.63, 3.8) is 0 Å². The molecule has 0 spiro atoms. The maximum absolute atomic E-state index is 11.0. The molecule has 0 radical (unpaired) electrons. The number of rotatable bonds is 9. The molecule has 0 unspecified atom stereocenters. The second-order valence-corrected chi connectivity index (χ2v) is 4.13. The average Bonchev–Trinajstić information content (AvgIpc) is 2.27. The maximum atomic E-state index is 11.0. The van der Waals surface area contributed by atoms with Gasteiger partial charge in [0.2, 0.25) is 0 Å². The Balaban J connectivity index is 3.64. The Bertz CT molecular complexity index is 232. The Hall–Kier alpha value is -1.14. The third-order valence-electron chi connectivity index (χ3n) is 2.43. The van der Waals surface area contributed by atoms with Crippen LogP contribution in [0.15, 0.2) is 5.16 Å². The number of carbonyl (C=O) groups is 1. The predicted molar refractivity (Wildman–Crippen MR) is 68.6 cm³/mol. The van der Waals surface area contributed by atoms with E-state index < -0.39 is 0 Å². The minimum Gasteiger partial charge on any atom is -0.411 e. The lowest BCUT2D eigenvalue weighted by molar-refractivity contribution is -0.114. The standard InChI is InChI=1S/C11H24N4O2/c1-4-15(8-5-7-14(2)3)9-6-12-11(16)10-13-17/h10,17H,4-9H2,1-3H3,(H,12,16)/b13-10-. The molecule has 1 amide bonds. The Labute approximate surface area is 103 Å². The summed E-state index contributed by atoms with van der Waals surface area (Å²) < 4.78 is 0. The molecule has 100 valence electrons. The minimum atomic E-state index is -0.364. The molecule has 0 aromatic carbocycles. The predicted octanol–water partition coefficient (Wildman–Crippen LogP) is -0.164. The zero-order valence-corrected chi connectivity index (χ0v) is 11.0. The number of hydrogen-bond acceptors (Lipinski definition) is 5. The summed E-state index contributed by atoms with van der Waals surface area (Å²) in [6.45, 7) is 6.55. The molecule has 0 rings (SSSR count). The molecule has 0 saturated carbocycles. The van der Waals surface area contributed by atoms with E-state index >= 15 is 0 Å². The van der Waals surface area contributed by atoms with Crippen LogP contribution in [0, 0.1) is 0 Å². The Morgan fingerprint density at radius 3 is 2.59 bits per heavy atom. The van der Waals surface area contributed by atoms with Crippen LogP contribution in [0.4, 0.5) is 0 Å². The largest absolute Gasteiger partial charge is 0.411 e. The zero-order chi connectivity index (χ0) is 13.1. The van der Waals surface area contributed by atoms with E-state index in [2.05, 4.69) is 41.3 Å². The molecule has 0 fully saturated rings. The lowest BCUT2D eigenvalue weighted by Crippen LogP contribution is -2.36. The molecular weight excluding hydrogens is 220 g/mol. The first kappa shape index (κ1) is 15.9. The van der Waals surface area contributed by atoms with Gasteiger partial charge in [-0.05, 0) is 40.2 Å². The van der Waals surface area contributed by atoms with Crippen molar-refractivity contribution in [2.24, 2.45) is 5.16 Å². The maximum Gasteiger partial charge on any atom is 0.265 e. The second-order valence-electron chi connectivity index (χ2n) is 4.13. The van der Waals surface area contributed by atoms with Crippen molar-refractivity contribution in [1.29, 1.82) is 0 Å². The van der Waals surface area contributed by atoms with Gasteiger partial charge in [-0.1, -0.05) is 12.1 Å². The molecular formula is C11H24N4O2. The Morgan fingerprint density at radius 2 is 2.06 bits per heavy atom. The van der Waals surface area contributed by atoms with Gasteiger partial charge in [-0.3, -0.25) is 4.79 Å². The molecule has 17 heavy (non-hydrogen) atoms. The quantitative estimate of drug-likeness (QED) is 0.336. The topological polar surface area (TPSA) is 68.2 Å². The first-order chi connectivity index (χ1) is 8.10. The molecule has 0 saturated heterocycles. The summed E-state index contributed by atoms with van der Waals surface area (Å²) >= 11 is 0. The van der Waals surface area contributed by atoms with Crippen LogP contribution >= 0.6 is 0 Å². The minimum absolute atomic E-state index is 0.364. The number of nitrogens with zero attached hydrogens (tertiary/aromatic N) is 3. The van der Waals surface area contributed by atoms with Gasteiger partial charge >= 0.3 is 0 Å². The summed E-state index contributed by atoms with van der Waals surface area (Å²) in [7, 11) is 4.12. The van der Waals surface area contributed by atoms with Crippen LogP contribution in [0.5, 0.6) is 0 Å². The highest BCUT2D eigenvalue weighted by Gasteiger charge is 2.03. The van der Waals surface area contributed by atoms with Crippen LogP contribution in [0.1, 0.15) is 13.3 Å². The van der Waals surface area contributed by atoms with E-state index in [1.807, 2.05) is 0 Å². The molecule has 0 heterocycles. The van der Waals surface area contributed by atoms with Crippen molar-refractivity contribution in [1.82, 2.24) is 15.1 Å². The Morgan fingerprint density at radius 1 is 1.35 bits per heavy atom. The SMILES string of the molecule is CCN(CCCN(C)C)CCNC(=O)/C=N\O. The van der Waals surface area contributed by atoms with E-state index in [0.717, 1.165) is 38.8 Å². The normalized spacial score (nSPS) is 11.6. The van der Waals surface area contributed by atoms with E-state index in [1.165, 1.54) is 0 Å². The number of oxime groups is 1. The highest BCUT2D eigenvalue weighted by Crippen LogP contribution is 1.91. The van der Waals surface area contributed by atoms with Crippen LogP contribution in [0.25, 0.3) is 0 Å². The lowest BCUT2D eigenvalue weighted by atomic mass is 10.3. The molecule has 6 heteroatoms. The van der Waals surface area contributed by atoms with Gasteiger partial charge in [0.25, 0.3) is 5.91 Å². The summed E-state index contributed by atoms with van der Waals surface area (Å²) in [4.78, 5) is 15.4. The Kier molecular flexibility index (Phi) is 9.37. The van der Waals surface area contributed by atoms with E-state index in [0.29, 0.717) is 6.54 Å². The van der Waals surface area contributed by atoms with Gasteiger partial charge in [0, 0.05) is 13.1 Å². The second kappa shape index (κ2) is 10.0. The molecule has 0 bridgehead atoms. The lowest BCUT2D eigenvalue weighted by Gasteiger charge is -2.21. The van der Waals surface area contributed by atoms with Crippen molar-refractivity contribution in [3.8, 4) is 0 Å². The van der Waals surface area contributed by atoms with Crippen molar-refractivity contribution in [3.05, 3.63) is 0 Å². The van der Waals surface area contributed by atoms with Crippen LogP contribution in [0.2, 0.25) is 0 Å². The van der Waals surface area contributed by atoms with E-state index in [-0.39, 0.29) is 5.91 Å². The first-order valence-corrected chi connectivity index (χ1v) is 5.92. The third-order valence-corrected chi connectivity index (χ3v) is 2.43. The average molecular weight is 244 g/mol. The number of carbonyl (C=O) groups excluding carboxylic acids is 1. The van der Waals surface area contributed by atoms with Gasteiger partial charge in [-0.25, -0.2) is 0 Å². The highest BCUT2D eigenvalue weighted by molar-refractivity contribution is 6.25. The zero-order valence-electron chi connectivity index (χ0n) is 11.0. The van der Waals surface area contributed by atoms with Gasteiger partial charge < -0.3 is 20.3 Å². The first-order valence-electron chi connectivity index (χ1n) is 5.92. The fraction of sp³-hybridized carbons (Fsp3) is 0.818. The fourth-order valence-electron chi connectivity index (χ4n) is 1.47. The molecule has 0 aliphatic rings. The fourth-order valence-corrected chi connectivity index (χ4v) is 1.47. The summed E-state index contributed by atoms with van der Waals surface area (Å²) in [6.07, 6.45) is 1.98. The van der Waals surface area contributed by atoms with Crippen LogP contribution < -0.4 is 5.32 Å². The summed E-state index contributed by atoms with van der Waals surface area (Å²) in [5.41, 5.74) is 0. The van der Waals surface area contributed by atoms with Gasteiger partial charge in [-0.2, -0.15) is 0 Å². The molecule has 0 aliphatic carbocycles. The molecule has 0 aromatic rings. The van der Waals surface area contributed by atoms with E-state index in [1.54, 1.807) is 0 Å². The van der Waals surface area contributed by atoms with Crippen LogP contribution in [-0.4, -0.2) is 73.9 Å². The third kappa shape index (κ3) is 9.77. The summed E-state index contributed by atoms with van der Waals surface area (Å²) in [6, 6.07) is 0. The van der Waals surface area contributed by atoms with Crippen molar-refractivity contribution < 1.29 is 10.0 Å².